The van der Waals surface area contributed by atoms with Gasteiger partial charge in [0.05, 0.1) is 23.8 Å². The summed E-state index contributed by atoms with van der Waals surface area (Å²) in [6.07, 6.45) is 0.977. The molecule has 11 heteroatoms. The lowest BCUT2D eigenvalue weighted by molar-refractivity contribution is -0.121. The number of benzene rings is 2. The molecule has 2 aromatic carbocycles. The van der Waals surface area contributed by atoms with Crippen LogP contribution in [0.3, 0.4) is 0 Å². The number of amides is 1. The molecule has 0 bridgehead atoms. The average Bonchev–Trinajstić information content (AvgIpc) is 3.20. The van der Waals surface area contributed by atoms with Crippen molar-refractivity contribution in [2.75, 3.05) is 4.72 Å². The van der Waals surface area contributed by atoms with E-state index in [1.54, 1.807) is 12.1 Å². The van der Waals surface area contributed by atoms with Crippen LogP contribution in [-0.4, -0.2) is 23.9 Å². The normalized spacial score (nSPS) is 12.4. The van der Waals surface area contributed by atoms with Crippen LogP contribution in [0.25, 0.3) is 0 Å². The first-order valence-electron chi connectivity index (χ1n) is 9.64. The molecule has 0 radical (unpaired) electrons. The van der Waals surface area contributed by atoms with E-state index in [1.807, 2.05) is 17.0 Å². The van der Waals surface area contributed by atoms with Gasteiger partial charge < -0.3 is 5.32 Å². The monoisotopic (exact) mass is 481 g/mol. The summed E-state index contributed by atoms with van der Waals surface area (Å²) >= 11 is 1.41. The van der Waals surface area contributed by atoms with Gasteiger partial charge in [-0.05, 0) is 48.2 Å². The van der Waals surface area contributed by atoms with Crippen molar-refractivity contribution >= 4 is 33.2 Å². The minimum atomic E-state index is -4.37. The number of nitrogens with one attached hydrogen (secondary N) is 2. The van der Waals surface area contributed by atoms with Crippen LogP contribution in [0, 0.1) is 11.6 Å². The summed E-state index contributed by atoms with van der Waals surface area (Å²) in [7, 11) is -4.37. The summed E-state index contributed by atoms with van der Waals surface area (Å²) < 4.78 is 59.3. The molecule has 3 N–H and O–H groups in total. The third kappa shape index (κ3) is 6.81. The molecular weight excluding hydrogens is 460 g/mol. The van der Waals surface area contributed by atoms with Crippen LogP contribution < -0.4 is 10.0 Å². The van der Waals surface area contributed by atoms with Crippen molar-refractivity contribution in [2.24, 2.45) is 0 Å². The van der Waals surface area contributed by atoms with Crippen LogP contribution in [-0.2, 0) is 34.4 Å². The predicted molar refractivity (Wildman–Crippen MR) is 118 cm³/mol. The first kappa shape index (κ1) is 23.8. The lowest BCUT2D eigenvalue weighted by Crippen LogP contribution is -2.31. The number of hydrogen-bond acceptors (Lipinski definition) is 5. The molecule has 1 aromatic heterocycles. The molecule has 32 heavy (non-hydrogen) atoms. The Labute approximate surface area is 188 Å². The molecule has 1 amide bonds. The Morgan fingerprint density at radius 3 is 2.41 bits per heavy atom. The molecule has 0 aliphatic heterocycles. The molecule has 3 rings (SSSR count). The molecule has 0 fully saturated rings. The molecule has 0 aliphatic rings. The van der Waals surface area contributed by atoms with Gasteiger partial charge in [0.1, 0.15) is 5.01 Å². The average molecular weight is 482 g/mol. The second-order valence-electron chi connectivity index (χ2n) is 7.05. The number of aromatic nitrogens is 1. The number of halogens is 2. The van der Waals surface area contributed by atoms with E-state index in [2.05, 4.69) is 10.3 Å². The number of carbonyl (C=O) groups is 1. The van der Waals surface area contributed by atoms with Crippen molar-refractivity contribution in [1.82, 2.24) is 10.3 Å². The number of thiazole rings is 1. The molecule has 0 unspecified atom stereocenters. The van der Waals surface area contributed by atoms with Gasteiger partial charge in [-0.25, -0.2) is 13.8 Å². The molecule has 170 valence electrons. The molecule has 1 atom stereocenters. The van der Waals surface area contributed by atoms with Gasteiger partial charge in [-0.2, -0.15) is 8.42 Å². The Bertz CT molecular complexity index is 1200. The number of anilines is 1. The zero-order valence-corrected chi connectivity index (χ0v) is 18.6. The Kier molecular flexibility index (Phi) is 7.54. The van der Waals surface area contributed by atoms with Crippen LogP contribution in [0.1, 0.15) is 34.8 Å². The van der Waals surface area contributed by atoms with Gasteiger partial charge in [-0.1, -0.05) is 25.1 Å². The van der Waals surface area contributed by atoms with Crippen molar-refractivity contribution in [3.8, 4) is 0 Å². The quantitative estimate of drug-likeness (QED) is 0.403. The van der Waals surface area contributed by atoms with E-state index in [1.165, 1.54) is 29.5 Å². The lowest BCUT2D eigenvalue weighted by Gasteiger charge is -2.17. The predicted octanol–water partition coefficient (Wildman–Crippen LogP) is 3.84. The molecule has 3 aromatic rings. The molecule has 1 heterocycles. The van der Waals surface area contributed by atoms with E-state index in [0.29, 0.717) is 17.0 Å². The van der Waals surface area contributed by atoms with E-state index >= 15 is 0 Å². The van der Waals surface area contributed by atoms with Crippen molar-refractivity contribution < 1.29 is 26.5 Å². The number of rotatable bonds is 9. The highest BCUT2D eigenvalue weighted by Gasteiger charge is 2.20. The van der Waals surface area contributed by atoms with Gasteiger partial charge in [0.2, 0.25) is 5.91 Å². The summed E-state index contributed by atoms with van der Waals surface area (Å²) in [6.45, 7) is 1.97. The van der Waals surface area contributed by atoms with Gasteiger partial charge >= 0.3 is 10.3 Å². The van der Waals surface area contributed by atoms with Crippen molar-refractivity contribution in [2.45, 2.75) is 32.2 Å². The van der Waals surface area contributed by atoms with E-state index < -0.39 is 28.0 Å². The fourth-order valence-corrected chi connectivity index (χ4v) is 4.41. The van der Waals surface area contributed by atoms with Gasteiger partial charge in [0, 0.05) is 5.38 Å². The zero-order valence-electron chi connectivity index (χ0n) is 17.0. The van der Waals surface area contributed by atoms with Crippen LogP contribution >= 0.6 is 11.3 Å². The highest BCUT2D eigenvalue weighted by Crippen LogP contribution is 2.24. The minimum Gasteiger partial charge on any atom is -0.346 e. The van der Waals surface area contributed by atoms with Crippen LogP contribution in [0.15, 0.2) is 47.8 Å². The maximum atomic E-state index is 13.4. The number of aryl methyl sites for hydroxylation is 1. The van der Waals surface area contributed by atoms with E-state index in [9.17, 15) is 22.0 Å². The molecule has 0 saturated heterocycles. The second kappa shape index (κ2) is 10.2. The maximum Gasteiger partial charge on any atom is 0.357 e. The lowest BCUT2D eigenvalue weighted by atomic mass is 10.0. The van der Waals surface area contributed by atoms with Crippen molar-refractivity contribution in [3.63, 3.8) is 0 Å². The topological polar surface area (TPSA) is 108 Å². The van der Waals surface area contributed by atoms with Gasteiger partial charge in [-0.15, -0.1) is 11.3 Å². The SMILES string of the molecule is CCc1csc([C@@H](Cc2ccc(NS(=O)(=O)O)cc2)NC(=O)Cc2ccc(F)c(F)c2)n1. The van der Waals surface area contributed by atoms with Gasteiger partial charge in [0.25, 0.3) is 0 Å². The largest absolute Gasteiger partial charge is 0.357 e. The van der Waals surface area contributed by atoms with Crippen molar-refractivity contribution in [3.05, 3.63) is 81.3 Å². The zero-order chi connectivity index (χ0) is 23.3. The fourth-order valence-electron chi connectivity index (χ4n) is 3.02. The van der Waals surface area contributed by atoms with E-state index in [-0.39, 0.29) is 18.0 Å². The molecule has 0 spiro atoms. The second-order valence-corrected chi connectivity index (χ2v) is 9.10. The third-order valence-electron chi connectivity index (χ3n) is 4.55. The number of carbonyl (C=O) groups excluding carboxylic acids is 1. The molecule has 0 aliphatic carbocycles. The van der Waals surface area contributed by atoms with Gasteiger partial charge in [0.15, 0.2) is 11.6 Å². The summed E-state index contributed by atoms with van der Waals surface area (Å²) in [4.78, 5) is 17.2. The summed E-state index contributed by atoms with van der Waals surface area (Å²) in [6, 6.07) is 9.15. The van der Waals surface area contributed by atoms with E-state index in [4.69, 9.17) is 4.55 Å². The van der Waals surface area contributed by atoms with Crippen LogP contribution in [0.5, 0.6) is 0 Å². The van der Waals surface area contributed by atoms with Crippen LogP contribution in [0.2, 0.25) is 0 Å². The number of nitrogens with zero attached hydrogens (tertiary/aromatic N) is 1. The summed E-state index contributed by atoms with van der Waals surface area (Å²) in [5.41, 5.74) is 2.21. The van der Waals surface area contributed by atoms with E-state index in [0.717, 1.165) is 29.8 Å². The summed E-state index contributed by atoms with van der Waals surface area (Å²) in [5.74, 6) is -2.37. The van der Waals surface area contributed by atoms with Crippen LogP contribution in [0.4, 0.5) is 14.5 Å². The Morgan fingerprint density at radius 1 is 1.12 bits per heavy atom. The van der Waals surface area contributed by atoms with Gasteiger partial charge in [-0.3, -0.25) is 14.1 Å². The highest BCUT2D eigenvalue weighted by atomic mass is 32.2. The third-order valence-corrected chi connectivity index (χ3v) is 6.06. The first-order valence-corrected chi connectivity index (χ1v) is 12.0. The fraction of sp³-hybridized carbons (Fsp3) is 0.238. The molecule has 0 saturated carbocycles. The first-order chi connectivity index (χ1) is 15.1. The Balaban J connectivity index is 1.76. The van der Waals surface area contributed by atoms with Crippen molar-refractivity contribution in [1.29, 1.82) is 0 Å². The smallest absolute Gasteiger partial charge is 0.346 e. The molecule has 7 nitrogen and oxygen atoms in total. The standard InChI is InChI=1S/C21H21F2N3O4S2/c1-2-15-12-31-21(24-15)19(10-13-3-6-16(7-4-13)26-32(28,29)30)25-20(27)11-14-5-8-17(22)18(23)9-14/h3-9,12,19,26H,2,10-11H2,1H3,(H,25,27)(H,28,29,30)/t19-/m1/s1. The molecular formula is C21H21F2N3O4S2. The Morgan fingerprint density at radius 2 is 1.81 bits per heavy atom. The minimum absolute atomic E-state index is 0.128. The Hall–Kier alpha value is -2.89. The number of hydrogen-bond donors (Lipinski definition) is 3. The highest BCUT2D eigenvalue weighted by molar-refractivity contribution is 7.87. The maximum absolute atomic E-state index is 13.4. The summed E-state index contributed by atoms with van der Waals surface area (Å²) in [5, 5.41) is 5.50.